The van der Waals surface area contributed by atoms with Gasteiger partial charge in [-0.2, -0.15) is 0 Å². The highest BCUT2D eigenvalue weighted by atomic mass is 16.5. The highest BCUT2D eigenvalue weighted by Crippen LogP contribution is 2.31. The first-order valence-corrected chi connectivity index (χ1v) is 8.88. The number of hydrogen-bond acceptors (Lipinski definition) is 4. The zero-order valence-corrected chi connectivity index (χ0v) is 15.1. The summed E-state index contributed by atoms with van der Waals surface area (Å²) in [6, 6.07) is 4.11. The Morgan fingerprint density at radius 2 is 1.83 bits per heavy atom. The van der Waals surface area contributed by atoms with Gasteiger partial charge >= 0.3 is 0 Å². The highest BCUT2D eigenvalue weighted by Gasteiger charge is 2.23. The molecule has 2 N–H and O–H groups in total. The molecule has 23 heavy (non-hydrogen) atoms. The fourth-order valence-corrected chi connectivity index (χ4v) is 3.39. The van der Waals surface area contributed by atoms with Crippen LogP contribution in [-0.2, 0) is 0 Å². The van der Waals surface area contributed by atoms with Gasteiger partial charge in [-0.1, -0.05) is 13.8 Å². The zero-order chi connectivity index (χ0) is 16.8. The van der Waals surface area contributed by atoms with E-state index in [1.165, 1.54) is 0 Å². The average molecular weight is 320 g/mol. The average Bonchev–Trinajstić information content (AvgIpc) is 2.53. The molecule has 1 heterocycles. The van der Waals surface area contributed by atoms with Crippen molar-refractivity contribution in [3.63, 3.8) is 0 Å². The Bertz CT molecular complexity index is 475. The SMILES string of the molecule is CCCOc1cc(C)c(C(O)C(C)CN2CCNCC2)c(C)c1. The second kappa shape index (κ2) is 8.67. The lowest BCUT2D eigenvalue weighted by Gasteiger charge is -2.32. The van der Waals surface area contributed by atoms with Crippen LogP contribution >= 0.6 is 0 Å². The van der Waals surface area contributed by atoms with Crippen LogP contribution in [0, 0.1) is 19.8 Å². The first-order chi connectivity index (χ1) is 11.0. The number of nitrogens with zero attached hydrogens (tertiary/aromatic N) is 1. The van der Waals surface area contributed by atoms with E-state index in [4.69, 9.17) is 4.74 Å². The predicted octanol–water partition coefficient (Wildman–Crippen LogP) is 2.67. The molecule has 1 aromatic rings. The number of aryl methyl sites for hydroxylation is 2. The Labute approximate surface area is 140 Å². The number of hydrogen-bond donors (Lipinski definition) is 2. The van der Waals surface area contributed by atoms with Gasteiger partial charge in [-0.05, 0) is 55.0 Å². The molecular weight excluding hydrogens is 288 g/mol. The summed E-state index contributed by atoms with van der Waals surface area (Å²) in [5, 5.41) is 14.2. The first kappa shape index (κ1) is 18.2. The molecule has 1 aliphatic heterocycles. The molecule has 0 aromatic heterocycles. The molecule has 0 amide bonds. The second-order valence-corrected chi connectivity index (χ2v) is 6.79. The van der Waals surface area contributed by atoms with Crippen LogP contribution in [0.4, 0.5) is 0 Å². The molecule has 130 valence electrons. The molecule has 0 bridgehead atoms. The number of benzene rings is 1. The van der Waals surface area contributed by atoms with E-state index in [9.17, 15) is 5.11 Å². The quantitative estimate of drug-likeness (QED) is 0.811. The van der Waals surface area contributed by atoms with E-state index in [1.54, 1.807) is 0 Å². The van der Waals surface area contributed by atoms with Gasteiger partial charge in [-0.15, -0.1) is 0 Å². The van der Waals surface area contributed by atoms with Gasteiger partial charge < -0.3 is 20.1 Å². The standard InChI is InChI=1S/C19H32N2O2/c1-5-10-23-17-11-14(2)18(15(3)12-17)19(22)16(4)13-21-8-6-20-7-9-21/h11-12,16,19-20,22H,5-10,13H2,1-4H3. The topological polar surface area (TPSA) is 44.7 Å². The van der Waals surface area contributed by atoms with E-state index < -0.39 is 6.10 Å². The van der Waals surface area contributed by atoms with Gasteiger partial charge in [0.05, 0.1) is 12.7 Å². The Hall–Kier alpha value is -1.10. The van der Waals surface area contributed by atoms with Crippen LogP contribution in [0.5, 0.6) is 5.75 Å². The number of ether oxygens (including phenoxy) is 1. The molecule has 4 nitrogen and oxygen atoms in total. The number of rotatable bonds is 7. The first-order valence-electron chi connectivity index (χ1n) is 8.88. The second-order valence-electron chi connectivity index (χ2n) is 6.79. The maximum atomic E-state index is 10.9. The largest absolute Gasteiger partial charge is 0.494 e. The van der Waals surface area contributed by atoms with Gasteiger partial charge in [0.1, 0.15) is 5.75 Å². The monoisotopic (exact) mass is 320 g/mol. The maximum Gasteiger partial charge on any atom is 0.119 e. The van der Waals surface area contributed by atoms with Crippen molar-refractivity contribution in [2.45, 2.75) is 40.2 Å². The summed E-state index contributed by atoms with van der Waals surface area (Å²) in [7, 11) is 0. The maximum absolute atomic E-state index is 10.9. The lowest BCUT2D eigenvalue weighted by molar-refractivity contribution is 0.0832. The van der Waals surface area contributed by atoms with Crippen molar-refractivity contribution in [1.29, 1.82) is 0 Å². The molecule has 1 saturated heterocycles. The summed E-state index contributed by atoms with van der Waals surface area (Å²) in [6.07, 6.45) is 0.578. The molecule has 2 rings (SSSR count). The van der Waals surface area contributed by atoms with Crippen LogP contribution in [0.25, 0.3) is 0 Å². The lowest BCUT2D eigenvalue weighted by atomic mass is 9.90. The summed E-state index contributed by atoms with van der Waals surface area (Å²) < 4.78 is 5.74. The molecule has 2 atom stereocenters. The van der Waals surface area contributed by atoms with Crippen LogP contribution < -0.4 is 10.1 Å². The van der Waals surface area contributed by atoms with E-state index in [0.29, 0.717) is 0 Å². The Kier molecular flexibility index (Phi) is 6.88. The molecule has 0 radical (unpaired) electrons. The number of piperazine rings is 1. The van der Waals surface area contributed by atoms with Gasteiger partial charge in [-0.25, -0.2) is 0 Å². The third-order valence-electron chi connectivity index (χ3n) is 4.63. The van der Waals surface area contributed by atoms with Gasteiger partial charge in [0, 0.05) is 32.7 Å². The Balaban J connectivity index is 2.06. The predicted molar refractivity (Wildman–Crippen MR) is 95.1 cm³/mol. The van der Waals surface area contributed by atoms with Crippen molar-refractivity contribution in [3.8, 4) is 5.75 Å². The molecule has 0 spiro atoms. The number of aliphatic hydroxyl groups is 1. The smallest absolute Gasteiger partial charge is 0.119 e. The minimum Gasteiger partial charge on any atom is -0.494 e. The van der Waals surface area contributed by atoms with Crippen molar-refractivity contribution >= 4 is 0 Å². The number of aliphatic hydroxyl groups excluding tert-OH is 1. The lowest BCUT2D eigenvalue weighted by Crippen LogP contribution is -2.45. The fraction of sp³-hybridized carbons (Fsp3) is 0.684. The van der Waals surface area contributed by atoms with E-state index >= 15 is 0 Å². The van der Waals surface area contributed by atoms with Gasteiger partial charge in [0.25, 0.3) is 0 Å². The molecule has 2 unspecified atom stereocenters. The van der Waals surface area contributed by atoms with Crippen LogP contribution in [-0.4, -0.2) is 49.3 Å². The van der Waals surface area contributed by atoms with E-state index in [1.807, 2.05) is 0 Å². The van der Waals surface area contributed by atoms with Gasteiger partial charge in [0.15, 0.2) is 0 Å². The molecule has 1 aliphatic rings. The summed E-state index contributed by atoms with van der Waals surface area (Å²) >= 11 is 0. The third-order valence-corrected chi connectivity index (χ3v) is 4.63. The van der Waals surface area contributed by atoms with E-state index in [-0.39, 0.29) is 5.92 Å². The molecule has 0 aliphatic carbocycles. The molecule has 4 heteroatoms. The van der Waals surface area contributed by atoms with Crippen molar-refractivity contribution in [2.24, 2.45) is 5.92 Å². The Morgan fingerprint density at radius 3 is 2.39 bits per heavy atom. The highest BCUT2D eigenvalue weighted by molar-refractivity contribution is 5.42. The fourth-order valence-electron chi connectivity index (χ4n) is 3.39. The van der Waals surface area contributed by atoms with Crippen molar-refractivity contribution in [1.82, 2.24) is 10.2 Å². The Morgan fingerprint density at radius 1 is 1.22 bits per heavy atom. The molecule has 1 fully saturated rings. The van der Waals surface area contributed by atoms with E-state index in [2.05, 4.69) is 50.0 Å². The molecule has 0 saturated carbocycles. The van der Waals surface area contributed by atoms with Crippen LogP contribution in [0.3, 0.4) is 0 Å². The minimum atomic E-state index is -0.426. The summed E-state index contributed by atoms with van der Waals surface area (Å²) in [6.45, 7) is 14.3. The molecular formula is C19H32N2O2. The van der Waals surface area contributed by atoms with Gasteiger partial charge in [0.2, 0.25) is 0 Å². The molecule has 1 aromatic carbocycles. The van der Waals surface area contributed by atoms with Crippen LogP contribution in [0.15, 0.2) is 12.1 Å². The van der Waals surface area contributed by atoms with Gasteiger partial charge in [-0.3, -0.25) is 0 Å². The zero-order valence-electron chi connectivity index (χ0n) is 15.1. The van der Waals surface area contributed by atoms with Crippen LogP contribution in [0.2, 0.25) is 0 Å². The van der Waals surface area contributed by atoms with E-state index in [0.717, 1.165) is 68.2 Å². The summed E-state index contributed by atoms with van der Waals surface area (Å²) in [5.74, 6) is 1.13. The normalized spacial score (nSPS) is 18.7. The summed E-state index contributed by atoms with van der Waals surface area (Å²) in [4.78, 5) is 2.44. The minimum absolute atomic E-state index is 0.216. The summed E-state index contributed by atoms with van der Waals surface area (Å²) in [5.41, 5.74) is 3.31. The van der Waals surface area contributed by atoms with Crippen molar-refractivity contribution in [3.05, 3.63) is 28.8 Å². The van der Waals surface area contributed by atoms with Crippen molar-refractivity contribution in [2.75, 3.05) is 39.3 Å². The number of nitrogens with one attached hydrogen (secondary N) is 1. The van der Waals surface area contributed by atoms with Crippen LogP contribution in [0.1, 0.15) is 43.1 Å². The third kappa shape index (κ3) is 4.93. The van der Waals surface area contributed by atoms with Crippen molar-refractivity contribution < 1.29 is 9.84 Å².